The number of anilines is 2. The van der Waals surface area contributed by atoms with Crippen molar-refractivity contribution in [2.75, 3.05) is 43.0 Å². The van der Waals surface area contributed by atoms with Crippen molar-refractivity contribution in [3.8, 4) is 5.75 Å². The summed E-state index contributed by atoms with van der Waals surface area (Å²) in [4.78, 5) is 15.0. The van der Waals surface area contributed by atoms with Gasteiger partial charge in [0.1, 0.15) is 21.3 Å². The van der Waals surface area contributed by atoms with Gasteiger partial charge in [-0.15, -0.1) is 11.3 Å². The van der Waals surface area contributed by atoms with E-state index in [1.165, 1.54) is 22.5 Å². The van der Waals surface area contributed by atoms with Crippen molar-refractivity contribution in [3.05, 3.63) is 70.7 Å². The van der Waals surface area contributed by atoms with E-state index in [2.05, 4.69) is 5.32 Å². The van der Waals surface area contributed by atoms with Crippen LogP contribution >= 0.6 is 11.3 Å². The second-order valence-electron chi connectivity index (χ2n) is 7.39. The van der Waals surface area contributed by atoms with Crippen LogP contribution in [0.4, 0.5) is 15.8 Å². The minimum atomic E-state index is -3.84. The van der Waals surface area contributed by atoms with Gasteiger partial charge >= 0.3 is 0 Å². The van der Waals surface area contributed by atoms with Gasteiger partial charge in [-0.1, -0.05) is 0 Å². The number of hydrogen-bond acceptors (Lipinski definition) is 6. The van der Waals surface area contributed by atoms with E-state index < -0.39 is 15.9 Å². The number of hydrogen-bond donors (Lipinski definition) is 1. The molecule has 4 rings (SSSR count). The molecule has 0 bridgehead atoms. The lowest BCUT2D eigenvalue weighted by molar-refractivity contribution is 0.102. The number of nitrogens with one attached hydrogen (secondary N) is 1. The van der Waals surface area contributed by atoms with Gasteiger partial charge in [-0.25, -0.2) is 12.8 Å². The van der Waals surface area contributed by atoms with Crippen LogP contribution < -0.4 is 15.0 Å². The fraction of sp³-hybridized carbons (Fsp3) is 0.261. The van der Waals surface area contributed by atoms with Crippen molar-refractivity contribution in [1.82, 2.24) is 4.31 Å². The maximum absolute atomic E-state index is 13.3. The van der Waals surface area contributed by atoms with Gasteiger partial charge in [0, 0.05) is 37.6 Å². The third-order valence-electron chi connectivity index (χ3n) is 5.31. The van der Waals surface area contributed by atoms with Crippen molar-refractivity contribution in [3.63, 3.8) is 0 Å². The number of rotatable bonds is 7. The summed E-state index contributed by atoms with van der Waals surface area (Å²) in [5.74, 6) is -0.0965. The Morgan fingerprint density at radius 2 is 1.70 bits per heavy atom. The molecule has 0 spiro atoms. The number of piperazine rings is 1. The molecule has 1 fully saturated rings. The van der Waals surface area contributed by atoms with Gasteiger partial charge in [0.25, 0.3) is 5.91 Å². The van der Waals surface area contributed by atoms with E-state index in [4.69, 9.17) is 4.74 Å². The predicted molar refractivity (Wildman–Crippen MR) is 127 cm³/mol. The van der Waals surface area contributed by atoms with Crippen molar-refractivity contribution < 1.29 is 22.3 Å². The number of nitrogens with zero attached hydrogens (tertiary/aromatic N) is 2. The highest BCUT2D eigenvalue weighted by molar-refractivity contribution is 7.89. The van der Waals surface area contributed by atoms with Crippen LogP contribution in [0.3, 0.4) is 0 Å². The Hall–Kier alpha value is -2.95. The SMILES string of the molecule is CCOc1ccc(NC(=O)c2sccc2S(=O)(=O)N2CCN(c3ccc(F)cc3)CC2)cc1. The Bertz CT molecular complexity index is 1200. The second kappa shape index (κ2) is 9.90. The van der Waals surface area contributed by atoms with Gasteiger partial charge in [-0.3, -0.25) is 4.79 Å². The molecule has 0 radical (unpaired) electrons. The number of halogens is 1. The topological polar surface area (TPSA) is 78.9 Å². The van der Waals surface area contributed by atoms with E-state index >= 15 is 0 Å². The van der Waals surface area contributed by atoms with Gasteiger partial charge in [0.05, 0.1) is 6.61 Å². The van der Waals surface area contributed by atoms with Crippen LogP contribution in [0.5, 0.6) is 5.75 Å². The van der Waals surface area contributed by atoms with E-state index in [-0.39, 0.29) is 28.7 Å². The zero-order chi connectivity index (χ0) is 23.4. The largest absolute Gasteiger partial charge is 0.494 e. The van der Waals surface area contributed by atoms with E-state index in [9.17, 15) is 17.6 Å². The first-order chi connectivity index (χ1) is 15.9. The Kier molecular flexibility index (Phi) is 6.96. The lowest BCUT2D eigenvalue weighted by atomic mass is 10.2. The number of sulfonamides is 1. The molecular formula is C23H24FN3O4S2. The number of carbonyl (C=O) groups is 1. The molecule has 0 aliphatic carbocycles. The van der Waals surface area contributed by atoms with E-state index in [1.54, 1.807) is 41.8 Å². The number of ether oxygens (including phenoxy) is 1. The predicted octanol–water partition coefficient (Wildman–Crippen LogP) is 4.05. The molecule has 3 aromatic rings. The first-order valence-corrected chi connectivity index (χ1v) is 12.8. The van der Waals surface area contributed by atoms with Gasteiger partial charge < -0.3 is 15.0 Å². The molecule has 0 unspecified atom stereocenters. The number of benzene rings is 2. The maximum atomic E-state index is 13.3. The monoisotopic (exact) mass is 489 g/mol. The Morgan fingerprint density at radius 3 is 2.33 bits per heavy atom. The molecule has 1 amide bonds. The Labute approximate surface area is 196 Å². The highest BCUT2D eigenvalue weighted by atomic mass is 32.2. The van der Waals surface area contributed by atoms with Gasteiger partial charge in [0.15, 0.2) is 0 Å². The summed E-state index contributed by atoms with van der Waals surface area (Å²) >= 11 is 1.09. The van der Waals surface area contributed by atoms with Crippen LogP contribution in [0.15, 0.2) is 64.9 Å². The number of thiophene rings is 1. The first-order valence-electron chi connectivity index (χ1n) is 10.5. The summed E-state index contributed by atoms with van der Waals surface area (Å²) in [7, 11) is -3.84. The lowest BCUT2D eigenvalue weighted by Gasteiger charge is -2.35. The molecule has 0 saturated carbocycles. The maximum Gasteiger partial charge on any atom is 0.267 e. The van der Waals surface area contributed by atoms with Crippen LogP contribution in [0.1, 0.15) is 16.6 Å². The summed E-state index contributed by atoms with van der Waals surface area (Å²) in [5, 5.41) is 4.36. The highest BCUT2D eigenvalue weighted by Gasteiger charge is 2.32. The van der Waals surface area contributed by atoms with Crippen molar-refractivity contribution >= 4 is 38.6 Å². The van der Waals surface area contributed by atoms with Crippen molar-refractivity contribution in [1.29, 1.82) is 0 Å². The molecule has 7 nitrogen and oxygen atoms in total. The standard InChI is InChI=1S/C23H24FN3O4S2/c1-2-31-20-9-5-18(6-10-20)25-23(28)22-21(11-16-32-22)33(29,30)27-14-12-26(13-15-27)19-7-3-17(24)4-8-19/h3-11,16H,2,12-15H2,1H3,(H,25,28). The minimum Gasteiger partial charge on any atom is -0.494 e. The number of amides is 1. The average molecular weight is 490 g/mol. The van der Waals surface area contributed by atoms with Crippen molar-refractivity contribution in [2.45, 2.75) is 11.8 Å². The highest BCUT2D eigenvalue weighted by Crippen LogP contribution is 2.28. The van der Waals surface area contributed by atoms with Crippen LogP contribution in [0.25, 0.3) is 0 Å². The number of carbonyl (C=O) groups excluding carboxylic acids is 1. The van der Waals surface area contributed by atoms with Crippen LogP contribution in [0, 0.1) is 5.82 Å². The first kappa shape index (κ1) is 23.2. The second-order valence-corrected chi connectivity index (χ2v) is 10.2. The van der Waals surface area contributed by atoms with Gasteiger partial charge in [0.2, 0.25) is 10.0 Å². The molecule has 1 aliphatic rings. The van der Waals surface area contributed by atoms with Crippen LogP contribution in [-0.4, -0.2) is 51.4 Å². The lowest BCUT2D eigenvalue weighted by Crippen LogP contribution is -2.48. The molecule has 1 N–H and O–H groups in total. The van der Waals surface area contributed by atoms with E-state index in [0.717, 1.165) is 17.0 Å². The summed E-state index contributed by atoms with van der Waals surface area (Å²) in [5.41, 5.74) is 1.40. The zero-order valence-electron chi connectivity index (χ0n) is 18.0. The zero-order valence-corrected chi connectivity index (χ0v) is 19.7. The molecule has 2 heterocycles. The summed E-state index contributed by atoms with van der Waals surface area (Å²) in [6.45, 7) is 3.92. The molecule has 2 aromatic carbocycles. The smallest absolute Gasteiger partial charge is 0.267 e. The fourth-order valence-electron chi connectivity index (χ4n) is 3.63. The molecule has 174 valence electrons. The van der Waals surface area contributed by atoms with Crippen LogP contribution in [-0.2, 0) is 10.0 Å². The molecule has 1 aliphatic heterocycles. The third-order valence-corrected chi connectivity index (χ3v) is 8.29. The molecular weight excluding hydrogens is 465 g/mol. The van der Waals surface area contributed by atoms with E-state index in [1.807, 2.05) is 11.8 Å². The molecule has 10 heteroatoms. The summed E-state index contributed by atoms with van der Waals surface area (Å²) < 4.78 is 46.6. The molecule has 0 atom stereocenters. The quantitative estimate of drug-likeness (QED) is 0.542. The summed E-state index contributed by atoms with van der Waals surface area (Å²) in [6.07, 6.45) is 0. The van der Waals surface area contributed by atoms with Crippen molar-refractivity contribution in [2.24, 2.45) is 0 Å². The Balaban J connectivity index is 1.44. The Morgan fingerprint density at radius 1 is 1.03 bits per heavy atom. The minimum absolute atomic E-state index is 0.00571. The third kappa shape index (κ3) is 5.18. The van der Waals surface area contributed by atoms with Gasteiger partial charge in [-0.05, 0) is 66.9 Å². The molecule has 33 heavy (non-hydrogen) atoms. The normalized spacial score (nSPS) is 14.8. The fourth-order valence-corrected chi connectivity index (χ4v) is 6.35. The molecule has 1 saturated heterocycles. The molecule has 1 aromatic heterocycles. The summed E-state index contributed by atoms with van der Waals surface area (Å²) in [6, 6.07) is 14.5. The van der Waals surface area contributed by atoms with Gasteiger partial charge in [-0.2, -0.15) is 4.31 Å². The van der Waals surface area contributed by atoms with Crippen LogP contribution in [0.2, 0.25) is 0 Å². The van der Waals surface area contributed by atoms with E-state index in [0.29, 0.717) is 31.1 Å². The average Bonchev–Trinajstić information content (AvgIpc) is 3.32.